The first-order chi connectivity index (χ1) is 9.74. The van der Waals surface area contributed by atoms with Crippen molar-refractivity contribution in [1.29, 1.82) is 0 Å². The maximum absolute atomic E-state index is 12.0. The van der Waals surface area contributed by atoms with E-state index in [-0.39, 0.29) is 12.5 Å². The highest BCUT2D eigenvalue weighted by molar-refractivity contribution is 9.10. The molecular formula is C13H10BrN5O. The zero-order valence-electron chi connectivity index (χ0n) is 10.3. The summed E-state index contributed by atoms with van der Waals surface area (Å²) in [6.07, 6.45) is 1.40. The van der Waals surface area contributed by atoms with E-state index in [0.29, 0.717) is 0 Å². The first kappa shape index (κ1) is 12.7. The third-order valence-electron chi connectivity index (χ3n) is 2.84. The Morgan fingerprint density at radius 2 is 2.00 bits per heavy atom. The van der Waals surface area contributed by atoms with Crippen LogP contribution in [-0.2, 0) is 11.3 Å². The van der Waals surface area contributed by atoms with Crippen LogP contribution in [0.2, 0.25) is 0 Å². The average molecular weight is 332 g/mol. The summed E-state index contributed by atoms with van der Waals surface area (Å²) in [6, 6.07) is 11.6. The number of benzene rings is 2. The predicted molar refractivity (Wildman–Crippen MR) is 78.1 cm³/mol. The van der Waals surface area contributed by atoms with Crippen molar-refractivity contribution < 1.29 is 4.79 Å². The average Bonchev–Trinajstić information content (AvgIpc) is 2.95. The number of nitrogens with zero attached hydrogens (tertiary/aromatic N) is 4. The maximum atomic E-state index is 12.0. The maximum Gasteiger partial charge on any atom is 0.246 e. The Kier molecular flexibility index (Phi) is 3.42. The first-order valence-corrected chi connectivity index (χ1v) is 6.71. The lowest BCUT2D eigenvalue weighted by atomic mass is 10.1. The van der Waals surface area contributed by atoms with Gasteiger partial charge in [0, 0.05) is 15.5 Å². The zero-order chi connectivity index (χ0) is 13.9. The van der Waals surface area contributed by atoms with E-state index in [2.05, 4.69) is 36.8 Å². The molecule has 0 radical (unpaired) electrons. The fraction of sp³-hybridized carbons (Fsp3) is 0.0769. The molecule has 3 rings (SSSR count). The van der Waals surface area contributed by atoms with Crippen molar-refractivity contribution in [2.75, 3.05) is 5.32 Å². The lowest BCUT2D eigenvalue weighted by Gasteiger charge is -2.09. The molecule has 0 unspecified atom stereocenters. The molecular weight excluding hydrogens is 322 g/mol. The summed E-state index contributed by atoms with van der Waals surface area (Å²) in [4.78, 5) is 12.0. The van der Waals surface area contributed by atoms with Crippen LogP contribution in [0.4, 0.5) is 5.69 Å². The molecule has 7 heteroatoms. The zero-order valence-corrected chi connectivity index (χ0v) is 11.9. The molecule has 1 heterocycles. The van der Waals surface area contributed by atoms with Gasteiger partial charge in [0.25, 0.3) is 0 Å². The second kappa shape index (κ2) is 5.38. The van der Waals surface area contributed by atoms with Gasteiger partial charge >= 0.3 is 0 Å². The molecule has 0 fully saturated rings. The number of tetrazole rings is 1. The third-order valence-corrected chi connectivity index (χ3v) is 3.53. The van der Waals surface area contributed by atoms with Crippen LogP contribution in [0.5, 0.6) is 0 Å². The van der Waals surface area contributed by atoms with Gasteiger partial charge in [-0.2, -0.15) is 0 Å². The van der Waals surface area contributed by atoms with Gasteiger partial charge in [-0.05, 0) is 27.9 Å². The summed E-state index contributed by atoms with van der Waals surface area (Å²) in [5.74, 6) is -0.176. The van der Waals surface area contributed by atoms with Gasteiger partial charge in [0.2, 0.25) is 5.91 Å². The van der Waals surface area contributed by atoms with Gasteiger partial charge in [-0.3, -0.25) is 4.79 Å². The standard InChI is InChI=1S/C13H10BrN5O/c14-11-5-6-12(10-4-2-1-3-9(10)11)16-13(20)7-19-8-15-17-18-19/h1-6,8H,7H2,(H,16,20). The number of nitrogens with one attached hydrogen (secondary N) is 1. The van der Waals surface area contributed by atoms with Gasteiger partial charge in [-0.1, -0.05) is 40.2 Å². The highest BCUT2D eigenvalue weighted by Gasteiger charge is 2.08. The fourth-order valence-corrected chi connectivity index (χ4v) is 2.44. The number of carbonyl (C=O) groups is 1. The highest BCUT2D eigenvalue weighted by atomic mass is 79.9. The van der Waals surface area contributed by atoms with Gasteiger partial charge in [-0.25, -0.2) is 4.68 Å². The summed E-state index contributed by atoms with van der Waals surface area (Å²) in [5.41, 5.74) is 0.766. The van der Waals surface area contributed by atoms with E-state index < -0.39 is 0 Å². The van der Waals surface area contributed by atoms with Gasteiger partial charge in [0.1, 0.15) is 12.9 Å². The fourth-order valence-electron chi connectivity index (χ4n) is 1.96. The number of fused-ring (bicyclic) bond motifs is 1. The highest BCUT2D eigenvalue weighted by Crippen LogP contribution is 2.29. The van der Waals surface area contributed by atoms with Crippen molar-refractivity contribution in [3.63, 3.8) is 0 Å². The molecule has 0 spiro atoms. The summed E-state index contributed by atoms with van der Waals surface area (Å²) in [5, 5.41) is 15.5. The Morgan fingerprint density at radius 1 is 1.20 bits per heavy atom. The minimum Gasteiger partial charge on any atom is -0.324 e. The van der Waals surface area contributed by atoms with E-state index in [9.17, 15) is 4.79 Å². The molecule has 0 saturated heterocycles. The van der Waals surface area contributed by atoms with Crippen LogP contribution in [-0.4, -0.2) is 26.1 Å². The molecule has 1 aromatic heterocycles. The van der Waals surface area contributed by atoms with Crippen LogP contribution in [0, 0.1) is 0 Å². The molecule has 0 saturated carbocycles. The van der Waals surface area contributed by atoms with Crippen molar-refractivity contribution in [1.82, 2.24) is 20.2 Å². The molecule has 1 N–H and O–H groups in total. The van der Waals surface area contributed by atoms with Crippen molar-refractivity contribution >= 4 is 38.3 Å². The largest absolute Gasteiger partial charge is 0.324 e. The lowest BCUT2D eigenvalue weighted by Crippen LogP contribution is -2.19. The summed E-state index contributed by atoms with van der Waals surface area (Å²) < 4.78 is 2.36. The van der Waals surface area contributed by atoms with Gasteiger partial charge in [0.05, 0.1) is 0 Å². The minimum atomic E-state index is -0.176. The lowest BCUT2D eigenvalue weighted by molar-refractivity contribution is -0.116. The van der Waals surface area contributed by atoms with E-state index >= 15 is 0 Å². The van der Waals surface area contributed by atoms with Crippen molar-refractivity contribution in [3.8, 4) is 0 Å². The van der Waals surface area contributed by atoms with Crippen LogP contribution < -0.4 is 5.32 Å². The van der Waals surface area contributed by atoms with Crippen LogP contribution in [0.25, 0.3) is 10.8 Å². The molecule has 0 aliphatic rings. The number of anilines is 1. The Balaban J connectivity index is 1.87. The van der Waals surface area contributed by atoms with Crippen molar-refractivity contribution in [2.45, 2.75) is 6.54 Å². The smallest absolute Gasteiger partial charge is 0.246 e. The number of carbonyl (C=O) groups excluding carboxylic acids is 1. The second-order valence-electron chi connectivity index (χ2n) is 4.20. The normalized spacial score (nSPS) is 10.7. The Bertz CT molecular complexity index is 757. The van der Waals surface area contributed by atoms with Gasteiger partial charge in [-0.15, -0.1) is 5.10 Å². The number of amides is 1. The van der Waals surface area contributed by atoms with E-state index in [1.54, 1.807) is 0 Å². The Hall–Kier alpha value is -2.28. The second-order valence-corrected chi connectivity index (χ2v) is 5.05. The van der Waals surface area contributed by atoms with E-state index in [0.717, 1.165) is 20.9 Å². The molecule has 0 atom stereocenters. The number of halogens is 1. The van der Waals surface area contributed by atoms with Gasteiger partial charge in [0.15, 0.2) is 0 Å². The molecule has 2 aromatic carbocycles. The molecule has 0 aliphatic carbocycles. The molecule has 1 amide bonds. The predicted octanol–water partition coefficient (Wildman–Crippen LogP) is 2.23. The summed E-state index contributed by atoms with van der Waals surface area (Å²) in [6.45, 7) is 0.0807. The monoisotopic (exact) mass is 331 g/mol. The molecule has 6 nitrogen and oxygen atoms in total. The molecule has 0 bridgehead atoms. The number of rotatable bonds is 3. The van der Waals surface area contributed by atoms with Crippen molar-refractivity contribution in [2.24, 2.45) is 0 Å². The first-order valence-electron chi connectivity index (χ1n) is 5.92. The quantitative estimate of drug-likeness (QED) is 0.798. The Labute approximate surface area is 122 Å². The topological polar surface area (TPSA) is 72.7 Å². The van der Waals surface area contributed by atoms with Crippen LogP contribution >= 0.6 is 15.9 Å². The van der Waals surface area contributed by atoms with E-state index in [1.807, 2.05) is 36.4 Å². The number of hydrogen-bond acceptors (Lipinski definition) is 4. The minimum absolute atomic E-state index is 0.0807. The summed E-state index contributed by atoms with van der Waals surface area (Å²) >= 11 is 3.50. The van der Waals surface area contributed by atoms with E-state index in [4.69, 9.17) is 0 Å². The Morgan fingerprint density at radius 3 is 2.75 bits per heavy atom. The molecule has 3 aromatic rings. The molecule has 20 heavy (non-hydrogen) atoms. The van der Waals surface area contributed by atoms with E-state index in [1.165, 1.54) is 11.0 Å². The van der Waals surface area contributed by atoms with Gasteiger partial charge < -0.3 is 5.32 Å². The van der Waals surface area contributed by atoms with Crippen molar-refractivity contribution in [3.05, 3.63) is 47.2 Å². The number of aromatic nitrogens is 4. The SMILES string of the molecule is O=C(Cn1cnnn1)Nc1ccc(Br)c2ccccc12. The van der Waals surface area contributed by atoms with Crippen LogP contribution in [0.3, 0.4) is 0 Å². The summed E-state index contributed by atoms with van der Waals surface area (Å²) in [7, 11) is 0. The van der Waals surface area contributed by atoms with Crippen LogP contribution in [0.15, 0.2) is 47.2 Å². The molecule has 100 valence electrons. The third kappa shape index (κ3) is 2.53. The van der Waals surface area contributed by atoms with Crippen LogP contribution in [0.1, 0.15) is 0 Å². The number of hydrogen-bond donors (Lipinski definition) is 1. The molecule has 0 aliphatic heterocycles.